The Labute approximate surface area is 138 Å². The Morgan fingerprint density at radius 3 is 2.43 bits per heavy atom. The number of ketones is 1. The zero-order chi connectivity index (χ0) is 16.8. The van der Waals surface area contributed by atoms with Crippen LogP contribution in [-0.2, 0) is 9.53 Å². The van der Waals surface area contributed by atoms with Crippen LogP contribution in [0.25, 0.3) is 0 Å². The molecule has 5 nitrogen and oxygen atoms in total. The summed E-state index contributed by atoms with van der Waals surface area (Å²) in [6.45, 7) is 0.971. The third-order valence-electron chi connectivity index (χ3n) is 2.95. The molecule has 0 aliphatic carbocycles. The number of halogens is 1. The Bertz CT molecular complexity index is 758. The topological polar surface area (TPSA) is 72.5 Å². The van der Waals surface area contributed by atoms with Crippen molar-refractivity contribution < 1.29 is 19.1 Å². The minimum absolute atomic E-state index is 0.154. The van der Waals surface area contributed by atoms with Gasteiger partial charge in [0, 0.05) is 16.3 Å². The number of rotatable bonds is 5. The first kappa shape index (κ1) is 16.7. The van der Waals surface area contributed by atoms with Crippen molar-refractivity contribution in [3.05, 3.63) is 64.7 Å². The number of carbonyl (C=O) groups excluding carboxylic acids is 3. The SMILES string of the molecule is CC(=O)c1cccc(C(=O)OCC(=O)Nc2cccc(Cl)c2)c1. The van der Waals surface area contributed by atoms with Gasteiger partial charge in [-0.2, -0.15) is 0 Å². The van der Waals surface area contributed by atoms with Crippen LogP contribution in [-0.4, -0.2) is 24.3 Å². The Kier molecular flexibility index (Phi) is 5.49. The summed E-state index contributed by atoms with van der Waals surface area (Å²) in [7, 11) is 0. The summed E-state index contributed by atoms with van der Waals surface area (Å²) in [5.74, 6) is -1.31. The summed E-state index contributed by atoms with van der Waals surface area (Å²) in [5, 5.41) is 3.05. The first-order valence-corrected chi connectivity index (χ1v) is 7.17. The molecule has 0 aliphatic rings. The van der Waals surface area contributed by atoms with Crippen LogP contribution in [0.2, 0.25) is 5.02 Å². The van der Waals surface area contributed by atoms with Crippen LogP contribution in [0, 0.1) is 0 Å². The van der Waals surface area contributed by atoms with E-state index >= 15 is 0 Å². The van der Waals surface area contributed by atoms with Gasteiger partial charge in [-0.15, -0.1) is 0 Å². The van der Waals surface area contributed by atoms with E-state index in [9.17, 15) is 14.4 Å². The molecule has 0 heterocycles. The van der Waals surface area contributed by atoms with Gasteiger partial charge < -0.3 is 10.1 Å². The van der Waals surface area contributed by atoms with Gasteiger partial charge in [0.2, 0.25) is 0 Å². The van der Waals surface area contributed by atoms with Crippen molar-refractivity contribution in [1.82, 2.24) is 0 Å². The molecule has 1 amide bonds. The van der Waals surface area contributed by atoms with Crippen LogP contribution in [0.3, 0.4) is 0 Å². The maximum atomic E-state index is 11.9. The van der Waals surface area contributed by atoms with Gasteiger partial charge in [-0.1, -0.05) is 29.8 Å². The fourth-order valence-corrected chi connectivity index (χ4v) is 2.03. The Morgan fingerprint density at radius 2 is 1.74 bits per heavy atom. The third-order valence-corrected chi connectivity index (χ3v) is 3.18. The van der Waals surface area contributed by atoms with Crippen LogP contribution in [0.4, 0.5) is 5.69 Å². The number of ether oxygens (including phenoxy) is 1. The molecule has 2 aromatic rings. The average molecular weight is 332 g/mol. The van der Waals surface area contributed by atoms with E-state index in [4.69, 9.17) is 16.3 Å². The maximum absolute atomic E-state index is 11.9. The van der Waals surface area contributed by atoms with E-state index in [1.807, 2.05) is 0 Å². The van der Waals surface area contributed by atoms with Crippen LogP contribution in [0.5, 0.6) is 0 Å². The van der Waals surface area contributed by atoms with E-state index < -0.39 is 18.5 Å². The maximum Gasteiger partial charge on any atom is 0.338 e. The lowest BCUT2D eigenvalue weighted by Gasteiger charge is -2.07. The van der Waals surface area contributed by atoms with E-state index in [-0.39, 0.29) is 11.3 Å². The van der Waals surface area contributed by atoms with Gasteiger partial charge in [0.05, 0.1) is 5.56 Å². The van der Waals surface area contributed by atoms with Crippen LogP contribution in [0.1, 0.15) is 27.6 Å². The van der Waals surface area contributed by atoms with Crippen LogP contribution < -0.4 is 5.32 Å². The second kappa shape index (κ2) is 7.56. The fourth-order valence-electron chi connectivity index (χ4n) is 1.84. The second-order valence-electron chi connectivity index (χ2n) is 4.77. The number of hydrogen-bond acceptors (Lipinski definition) is 4. The third kappa shape index (κ3) is 4.93. The van der Waals surface area contributed by atoms with Gasteiger partial charge in [-0.3, -0.25) is 9.59 Å². The molecular weight excluding hydrogens is 318 g/mol. The number of Topliss-reactive ketones (excluding diaryl/α,β-unsaturated/α-hetero) is 1. The van der Waals surface area contributed by atoms with Crippen molar-refractivity contribution in [3.8, 4) is 0 Å². The average Bonchev–Trinajstić information content (AvgIpc) is 2.52. The monoisotopic (exact) mass is 331 g/mol. The first-order valence-electron chi connectivity index (χ1n) is 6.79. The highest BCUT2D eigenvalue weighted by atomic mass is 35.5. The quantitative estimate of drug-likeness (QED) is 0.673. The summed E-state index contributed by atoms with van der Waals surface area (Å²) in [5.41, 5.74) is 1.13. The van der Waals surface area contributed by atoms with Gasteiger partial charge in [-0.05, 0) is 37.3 Å². The summed E-state index contributed by atoms with van der Waals surface area (Å²) >= 11 is 5.81. The van der Waals surface area contributed by atoms with Crippen LogP contribution in [0.15, 0.2) is 48.5 Å². The minimum atomic E-state index is -0.672. The Hall–Kier alpha value is -2.66. The van der Waals surface area contributed by atoms with Gasteiger partial charge in [0.15, 0.2) is 12.4 Å². The van der Waals surface area contributed by atoms with Gasteiger partial charge in [0.1, 0.15) is 0 Å². The number of benzene rings is 2. The lowest BCUT2D eigenvalue weighted by molar-refractivity contribution is -0.119. The zero-order valence-corrected chi connectivity index (χ0v) is 13.1. The standard InChI is InChI=1S/C17H14ClNO4/c1-11(20)12-4-2-5-13(8-12)17(22)23-10-16(21)19-15-7-3-6-14(18)9-15/h2-9H,10H2,1H3,(H,19,21). The van der Waals surface area contributed by atoms with Crippen LogP contribution >= 0.6 is 11.6 Å². The summed E-state index contributed by atoms with van der Waals surface area (Å²) in [6.07, 6.45) is 0. The largest absolute Gasteiger partial charge is 0.452 e. The predicted octanol–water partition coefficient (Wildman–Crippen LogP) is 3.34. The van der Waals surface area contributed by atoms with E-state index in [0.717, 1.165) is 0 Å². The van der Waals surface area contributed by atoms with E-state index in [1.54, 1.807) is 36.4 Å². The molecule has 0 saturated heterocycles. The molecule has 118 valence electrons. The highest BCUT2D eigenvalue weighted by Gasteiger charge is 2.12. The van der Waals surface area contributed by atoms with Crippen molar-refractivity contribution in [2.45, 2.75) is 6.92 Å². The lowest BCUT2D eigenvalue weighted by atomic mass is 10.1. The molecule has 0 aliphatic heterocycles. The van der Waals surface area contributed by atoms with E-state index in [0.29, 0.717) is 16.3 Å². The van der Waals surface area contributed by atoms with Crippen molar-refractivity contribution in [2.24, 2.45) is 0 Å². The lowest BCUT2D eigenvalue weighted by Crippen LogP contribution is -2.21. The number of nitrogens with one attached hydrogen (secondary N) is 1. The van der Waals surface area contributed by atoms with Gasteiger partial charge in [0.25, 0.3) is 5.91 Å². The van der Waals surface area contributed by atoms with Gasteiger partial charge in [-0.25, -0.2) is 4.79 Å². The molecule has 0 radical (unpaired) electrons. The Morgan fingerprint density at radius 1 is 1.04 bits per heavy atom. The number of anilines is 1. The fraction of sp³-hybridized carbons (Fsp3) is 0.118. The van der Waals surface area contributed by atoms with Gasteiger partial charge >= 0.3 is 5.97 Å². The molecular formula is C17H14ClNO4. The number of carbonyl (C=O) groups is 3. The number of hydrogen-bond donors (Lipinski definition) is 1. The zero-order valence-electron chi connectivity index (χ0n) is 12.3. The number of amides is 1. The molecule has 0 atom stereocenters. The molecule has 2 aromatic carbocycles. The smallest absolute Gasteiger partial charge is 0.338 e. The van der Waals surface area contributed by atoms with Crippen molar-refractivity contribution in [2.75, 3.05) is 11.9 Å². The molecule has 6 heteroatoms. The highest BCUT2D eigenvalue weighted by molar-refractivity contribution is 6.30. The summed E-state index contributed by atoms with van der Waals surface area (Å²) in [6, 6.07) is 12.8. The normalized spacial score (nSPS) is 10.0. The molecule has 0 saturated carbocycles. The molecule has 1 N–H and O–H groups in total. The molecule has 0 spiro atoms. The molecule has 0 unspecified atom stereocenters. The first-order chi connectivity index (χ1) is 11.0. The van der Waals surface area contributed by atoms with Crippen molar-refractivity contribution in [3.63, 3.8) is 0 Å². The molecule has 0 aromatic heterocycles. The van der Waals surface area contributed by atoms with Crippen molar-refractivity contribution >= 4 is 34.9 Å². The Balaban J connectivity index is 1.92. The second-order valence-corrected chi connectivity index (χ2v) is 5.21. The summed E-state index contributed by atoms with van der Waals surface area (Å²) < 4.78 is 4.93. The molecule has 2 rings (SSSR count). The summed E-state index contributed by atoms with van der Waals surface area (Å²) in [4.78, 5) is 34.9. The number of esters is 1. The minimum Gasteiger partial charge on any atom is -0.452 e. The molecule has 0 bridgehead atoms. The predicted molar refractivity (Wildman–Crippen MR) is 86.8 cm³/mol. The van der Waals surface area contributed by atoms with Crippen molar-refractivity contribution in [1.29, 1.82) is 0 Å². The molecule has 0 fully saturated rings. The highest BCUT2D eigenvalue weighted by Crippen LogP contribution is 2.14. The van der Waals surface area contributed by atoms with E-state index in [2.05, 4.69) is 5.32 Å². The van der Waals surface area contributed by atoms with E-state index in [1.165, 1.54) is 19.1 Å². The molecule has 23 heavy (non-hydrogen) atoms.